The number of hydrogen-bond acceptors (Lipinski definition) is 2. The molecule has 1 unspecified atom stereocenters. The maximum atomic E-state index is 6.13. The quantitative estimate of drug-likeness (QED) is 0.842. The fourth-order valence-corrected chi connectivity index (χ4v) is 2.03. The van der Waals surface area contributed by atoms with Crippen molar-refractivity contribution in [1.82, 2.24) is 0 Å². The van der Waals surface area contributed by atoms with Crippen molar-refractivity contribution in [3.05, 3.63) is 28.8 Å². The average Bonchev–Trinajstić information content (AvgIpc) is 2.27. The summed E-state index contributed by atoms with van der Waals surface area (Å²) in [6.07, 6.45) is 3.01. The second kappa shape index (κ2) is 6.87. The molecule has 0 fully saturated rings. The van der Waals surface area contributed by atoms with Crippen LogP contribution in [0.1, 0.15) is 32.3 Å². The van der Waals surface area contributed by atoms with Gasteiger partial charge in [-0.3, -0.25) is 0 Å². The summed E-state index contributed by atoms with van der Waals surface area (Å²) in [6, 6.07) is 5.84. The van der Waals surface area contributed by atoms with E-state index in [9.17, 15) is 0 Å². The van der Waals surface area contributed by atoms with Gasteiger partial charge in [0.1, 0.15) is 5.75 Å². The molecule has 1 aromatic carbocycles. The molecule has 1 rings (SSSR count). The van der Waals surface area contributed by atoms with Crippen molar-refractivity contribution >= 4 is 11.6 Å². The monoisotopic (exact) mass is 255 g/mol. The van der Waals surface area contributed by atoms with Gasteiger partial charge < -0.3 is 10.5 Å². The first-order chi connectivity index (χ1) is 8.02. The summed E-state index contributed by atoms with van der Waals surface area (Å²) in [6.45, 7) is 4.43. The SMILES string of the molecule is COc1ccc(Cl)cc1CC(N)CCC(C)C. The van der Waals surface area contributed by atoms with Gasteiger partial charge in [-0.15, -0.1) is 0 Å². The first-order valence-electron chi connectivity index (χ1n) is 6.11. The van der Waals surface area contributed by atoms with Crippen LogP contribution in [0, 0.1) is 5.92 Å². The number of rotatable bonds is 6. The Balaban J connectivity index is 2.63. The van der Waals surface area contributed by atoms with Gasteiger partial charge in [-0.1, -0.05) is 25.4 Å². The molecular formula is C14H22ClNO. The van der Waals surface area contributed by atoms with E-state index in [0.717, 1.165) is 35.6 Å². The lowest BCUT2D eigenvalue weighted by Gasteiger charge is -2.15. The van der Waals surface area contributed by atoms with E-state index in [4.69, 9.17) is 22.1 Å². The number of halogens is 1. The van der Waals surface area contributed by atoms with E-state index in [2.05, 4.69) is 13.8 Å². The third kappa shape index (κ3) is 4.97. The summed E-state index contributed by atoms with van der Waals surface area (Å²) in [5.41, 5.74) is 7.22. The summed E-state index contributed by atoms with van der Waals surface area (Å²) >= 11 is 5.99. The highest BCUT2D eigenvalue weighted by Crippen LogP contribution is 2.24. The van der Waals surface area contributed by atoms with E-state index in [1.807, 2.05) is 18.2 Å². The van der Waals surface area contributed by atoms with Crippen LogP contribution in [0.2, 0.25) is 5.02 Å². The number of hydrogen-bond donors (Lipinski definition) is 1. The van der Waals surface area contributed by atoms with Gasteiger partial charge in [-0.05, 0) is 48.9 Å². The molecule has 0 saturated carbocycles. The number of benzene rings is 1. The van der Waals surface area contributed by atoms with Gasteiger partial charge in [0.2, 0.25) is 0 Å². The zero-order valence-corrected chi connectivity index (χ0v) is 11.6. The van der Waals surface area contributed by atoms with Crippen LogP contribution in [0.15, 0.2) is 18.2 Å². The van der Waals surface area contributed by atoms with Crippen molar-refractivity contribution in [2.75, 3.05) is 7.11 Å². The summed E-state index contributed by atoms with van der Waals surface area (Å²) in [4.78, 5) is 0. The first-order valence-corrected chi connectivity index (χ1v) is 6.48. The van der Waals surface area contributed by atoms with Gasteiger partial charge in [-0.2, -0.15) is 0 Å². The third-order valence-electron chi connectivity index (χ3n) is 2.84. The molecule has 1 atom stereocenters. The largest absolute Gasteiger partial charge is 0.496 e. The number of ether oxygens (including phenoxy) is 1. The molecular weight excluding hydrogens is 234 g/mol. The molecule has 0 aromatic heterocycles. The van der Waals surface area contributed by atoms with Gasteiger partial charge >= 0.3 is 0 Å². The average molecular weight is 256 g/mol. The minimum atomic E-state index is 0.171. The zero-order chi connectivity index (χ0) is 12.8. The molecule has 2 nitrogen and oxygen atoms in total. The number of nitrogens with two attached hydrogens (primary N) is 1. The van der Waals surface area contributed by atoms with Gasteiger partial charge in [0.15, 0.2) is 0 Å². The van der Waals surface area contributed by atoms with Crippen molar-refractivity contribution in [3.8, 4) is 5.75 Å². The fourth-order valence-electron chi connectivity index (χ4n) is 1.84. The lowest BCUT2D eigenvalue weighted by Crippen LogP contribution is -2.23. The zero-order valence-electron chi connectivity index (χ0n) is 10.9. The van der Waals surface area contributed by atoms with Crippen LogP contribution in [0.4, 0.5) is 0 Å². The molecule has 0 aliphatic heterocycles. The van der Waals surface area contributed by atoms with E-state index >= 15 is 0 Å². The van der Waals surface area contributed by atoms with Crippen LogP contribution >= 0.6 is 11.6 Å². The molecule has 1 aromatic rings. The highest BCUT2D eigenvalue weighted by molar-refractivity contribution is 6.30. The molecule has 0 heterocycles. The Bertz CT molecular complexity index is 352. The normalized spacial score (nSPS) is 12.8. The highest BCUT2D eigenvalue weighted by Gasteiger charge is 2.10. The van der Waals surface area contributed by atoms with Crippen molar-refractivity contribution in [2.24, 2.45) is 11.7 Å². The minimum Gasteiger partial charge on any atom is -0.496 e. The van der Waals surface area contributed by atoms with Crippen LogP contribution in [0.25, 0.3) is 0 Å². The van der Waals surface area contributed by atoms with Gasteiger partial charge in [0, 0.05) is 11.1 Å². The maximum Gasteiger partial charge on any atom is 0.122 e. The molecule has 0 aliphatic rings. The molecule has 17 heavy (non-hydrogen) atoms. The van der Waals surface area contributed by atoms with Crippen molar-refractivity contribution in [3.63, 3.8) is 0 Å². The van der Waals surface area contributed by atoms with E-state index < -0.39 is 0 Å². The molecule has 3 heteroatoms. The van der Waals surface area contributed by atoms with E-state index in [0.29, 0.717) is 5.92 Å². The Morgan fingerprint density at radius 3 is 2.59 bits per heavy atom. The Hall–Kier alpha value is -0.730. The van der Waals surface area contributed by atoms with Crippen LogP contribution in [-0.4, -0.2) is 13.2 Å². The maximum absolute atomic E-state index is 6.13. The van der Waals surface area contributed by atoms with Crippen LogP contribution in [0.5, 0.6) is 5.75 Å². The molecule has 0 aliphatic carbocycles. The Morgan fingerprint density at radius 1 is 1.29 bits per heavy atom. The predicted molar refractivity (Wildman–Crippen MR) is 73.8 cm³/mol. The first kappa shape index (κ1) is 14.3. The van der Waals surface area contributed by atoms with E-state index in [-0.39, 0.29) is 6.04 Å². The third-order valence-corrected chi connectivity index (χ3v) is 3.07. The predicted octanol–water partition coefficient (Wildman–Crippen LogP) is 3.65. The summed E-state index contributed by atoms with van der Waals surface area (Å²) in [5, 5.41) is 0.733. The van der Waals surface area contributed by atoms with Crippen LogP contribution < -0.4 is 10.5 Å². The lowest BCUT2D eigenvalue weighted by molar-refractivity contribution is 0.405. The molecule has 0 amide bonds. The van der Waals surface area contributed by atoms with Crippen molar-refractivity contribution in [2.45, 2.75) is 39.2 Å². The van der Waals surface area contributed by atoms with Crippen molar-refractivity contribution in [1.29, 1.82) is 0 Å². The van der Waals surface area contributed by atoms with Crippen molar-refractivity contribution < 1.29 is 4.74 Å². The van der Waals surface area contributed by atoms with Crippen LogP contribution in [-0.2, 0) is 6.42 Å². The minimum absolute atomic E-state index is 0.171. The molecule has 96 valence electrons. The standard InChI is InChI=1S/C14H22ClNO/c1-10(2)4-6-13(16)9-11-8-12(15)5-7-14(11)17-3/h5,7-8,10,13H,4,6,9,16H2,1-3H3. The second-order valence-corrected chi connectivity index (χ2v) is 5.33. The molecule has 0 radical (unpaired) electrons. The van der Waals surface area contributed by atoms with E-state index in [1.165, 1.54) is 0 Å². The molecule has 0 saturated heterocycles. The van der Waals surface area contributed by atoms with Gasteiger partial charge in [-0.25, -0.2) is 0 Å². The topological polar surface area (TPSA) is 35.2 Å². The summed E-state index contributed by atoms with van der Waals surface area (Å²) in [7, 11) is 1.67. The van der Waals surface area contributed by atoms with Crippen LogP contribution in [0.3, 0.4) is 0 Å². The second-order valence-electron chi connectivity index (χ2n) is 4.89. The molecule has 0 spiro atoms. The number of methoxy groups -OCH3 is 1. The van der Waals surface area contributed by atoms with E-state index in [1.54, 1.807) is 7.11 Å². The Morgan fingerprint density at radius 2 is 2.00 bits per heavy atom. The Labute approximate surface area is 109 Å². The molecule has 0 bridgehead atoms. The van der Waals surface area contributed by atoms with Gasteiger partial charge in [0.25, 0.3) is 0 Å². The van der Waals surface area contributed by atoms with Gasteiger partial charge in [0.05, 0.1) is 7.11 Å². The lowest BCUT2D eigenvalue weighted by atomic mass is 9.98. The summed E-state index contributed by atoms with van der Waals surface area (Å²) < 4.78 is 5.31. The Kier molecular flexibility index (Phi) is 5.79. The molecule has 2 N–H and O–H groups in total. The highest BCUT2D eigenvalue weighted by atomic mass is 35.5. The smallest absolute Gasteiger partial charge is 0.122 e. The summed E-state index contributed by atoms with van der Waals surface area (Å²) in [5.74, 6) is 1.57. The fraction of sp³-hybridized carbons (Fsp3) is 0.571.